The van der Waals surface area contributed by atoms with Gasteiger partial charge in [-0.25, -0.2) is 0 Å². The molecule has 1 aromatic carbocycles. The Labute approximate surface area is 111 Å². The van der Waals surface area contributed by atoms with Crippen LogP contribution < -0.4 is 10.1 Å². The monoisotopic (exact) mass is 263 g/mol. The summed E-state index contributed by atoms with van der Waals surface area (Å²) < 4.78 is 5.18. The van der Waals surface area contributed by atoms with Crippen LogP contribution in [0.5, 0.6) is 5.75 Å². The van der Waals surface area contributed by atoms with Crippen LogP contribution in [0.25, 0.3) is 0 Å². The smallest absolute Gasteiger partial charge is 0.306 e. The number of carbonyl (C=O) groups excluding carboxylic acids is 1. The van der Waals surface area contributed by atoms with E-state index in [1.807, 2.05) is 24.3 Å². The van der Waals surface area contributed by atoms with Gasteiger partial charge in [0.1, 0.15) is 5.75 Å². The van der Waals surface area contributed by atoms with Crippen molar-refractivity contribution in [2.45, 2.75) is 25.3 Å². The van der Waals surface area contributed by atoms with Crippen molar-refractivity contribution in [2.24, 2.45) is 5.92 Å². The van der Waals surface area contributed by atoms with Crippen LogP contribution >= 0.6 is 0 Å². The molecule has 1 aliphatic rings. The summed E-state index contributed by atoms with van der Waals surface area (Å²) in [4.78, 5) is 22.5. The third-order valence-corrected chi connectivity index (χ3v) is 3.40. The molecule has 0 aliphatic heterocycles. The van der Waals surface area contributed by atoms with Crippen molar-refractivity contribution in [1.29, 1.82) is 0 Å². The molecule has 0 spiro atoms. The van der Waals surface area contributed by atoms with Crippen LogP contribution in [-0.2, 0) is 16.0 Å². The van der Waals surface area contributed by atoms with Gasteiger partial charge in [-0.05, 0) is 18.9 Å². The number of carbonyl (C=O) groups is 2. The average molecular weight is 263 g/mol. The fraction of sp³-hybridized carbons (Fsp3) is 0.429. The van der Waals surface area contributed by atoms with E-state index in [-0.39, 0.29) is 24.3 Å². The van der Waals surface area contributed by atoms with Crippen molar-refractivity contribution in [3.63, 3.8) is 0 Å². The van der Waals surface area contributed by atoms with Crippen LogP contribution in [-0.4, -0.2) is 30.1 Å². The Morgan fingerprint density at radius 3 is 2.68 bits per heavy atom. The van der Waals surface area contributed by atoms with Crippen LogP contribution in [0.15, 0.2) is 24.3 Å². The first-order chi connectivity index (χ1) is 9.10. The molecular weight excluding hydrogens is 246 g/mol. The molecule has 0 bridgehead atoms. The van der Waals surface area contributed by atoms with Crippen molar-refractivity contribution in [1.82, 2.24) is 5.32 Å². The zero-order chi connectivity index (χ0) is 13.8. The van der Waals surface area contributed by atoms with Gasteiger partial charge in [-0.2, -0.15) is 0 Å². The number of para-hydroxylation sites is 1. The molecule has 5 heteroatoms. The molecule has 0 unspecified atom stereocenters. The minimum atomic E-state index is -0.782. The van der Waals surface area contributed by atoms with Crippen molar-refractivity contribution in [3.8, 4) is 5.75 Å². The largest absolute Gasteiger partial charge is 0.496 e. The molecule has 2 N–H and O–H groups in total. The van der Waals surface area contributed by atoms with Gasteiger partial charge in [0.15, 0.2) is 0 Å². The zero-order valence-corrected chi connectivity index (χ0v) is 10.8. The molecule has 1 saturated carbocycles. The molecule has 1 fully saturated rings. The number of carboxylic acids is 1. The van der Waals surface area contributed by atoms with E-state index in [0.717, 1.165) is 5.56 Å². The highest BCUT2D eigenvalue weighted by Crippen LogP contribution is 2.27. The van der Waals surface area contributed by atoms with E-state index in [1.165, 1.54) is 0 Å². The summed E-state index contributed by atoms with van der Waals surface area (Å²) in [7, 11) is 1.57. The number of amides is 1. The van der Waals surface area contributed by atoms with Crippen molar-refractivity contribution >= 4 is 11.9 Å². The van der Waals surface area contributed by atoms with Gasteiger partial charge in [-0.1, -0.05) is 18.2 Å². The minimum absolute atomic E-state index is 0.0108. The number of rotatable bonds is 5. The normalized spacial score (nSPS) is 21.3. The highest BCUT2D eigenvalue weighted by Gasteiger charge is 2.35. The summed E-state index contributed by atoms with van der Waals surface area (Å²) >= 11 is 0. The van der Waals surface area contributed by atoms with Crippen molar-refractivity contribution in [3.05, 3.63) is 29.8 Å². The van der Waals surface area contributed by atoms with Gasteiger partial charge < -0.3 is 15.2 Å². The van der Waals surface area contributed by atoms with E-state index in [2.05, 4.69) is 5.32 Å². The van der Waals surface area contributed by atoms with E-state index in [0.29, 0.717) is 18.6 Å². The average Bonchev–Trinajstić information content (AvgIpc) is 2.33. The summed E-state index contributed by atoms with van der Waals surface area (Å²) in [5, 5.41) is 11.6. The second-order valence-electron chi connectivity index (χ2n) is 4.76. The highest BCUT2D eigenvalue weighted by molar-refractivity contribution is 5.80. The maximum atomic E-state index is 11.8. The zero-order valence-electron chi connectivity index (χ0n) is 10.8. The summed E-state index contributed by atoms with van der Waals surface area (Å²) in [5.41, 5.74) is 0.830. The molecule has 1 aliphatic carbocycles. The van der Waals surface area contributed by atoms with Gasteiger partial charge in [-0.3, -0.25) is 9.59 Å². The van der Waals surface area contributed by atoms with E-state index in [1.54, 1.807) is 7.11 Å². The van der Waals surface area contributed by atoms with Gasteiger partial charge in [0.05, 0.1) is 19.4 Å². The number of carboxylic acid groups (broad SMARTS) is 1. The summed E-state index contributed by atoms with van der Waals surface area (Å²) in [6, 6.07) is 7.35. The number of methoxy groups -OCH3 is 1. The molecule has 0 atom stereocenters. The molecule has 1 aromatic rings. The number of nitrogens with one attached hydrogen (secondary N) is 1. The molecule has 0 saturated heterocycles. The Morgan fingerprint density at radius 2 is 2.05 bits per heavy atom. The van der Waals surface area contributed by atoms with Crippen molar-refractivity contribution < 1.29 is 19.4 Å². The van der Waals surface area contributed by atoms with Gasteiger partial charge >= 0.3 is 5.97 Å². The molecule has 0 heterocycles. The number of aliphatic carboxylic acids is 1. The van der Waals surface area contributed by atoms with E-state index in [9.17, 15) is 9.59 Å². The SMILES string of the molecule is COc1ccccc1CC(=O)NC1CC(C(=O)O)C1. The lowest BCUT2D eigenvalue weighted by Crippen LogP contribution is -2.47. The lowest BCUT2D eigenvalue weighted by molar-refractivity contribution is -0.146. The molecule has 19 heavy (non-hydrogen) atoms. The second-order valence-corrected chi connectivity index (χ2v) is 4.76. The Balaban J connectivity index is 1.84. The Morgan fingerprint density at radius 1 is 1.37 bits per heavy atom. The number of benzene rings is 1. The van der Waals surface area contributed by atoms with E-state index < -0.39 is 5.97 Å². The molecule has 0 aromatic heterocycles. The van der Waals surface area contributed by atoms with Crippen LogP contribution in [0.4, 0.5) is 0 Å². The third-order valence-electron chi connectivity index (χ3n) is 3.40. The van der Waals surface area contributed by atoms with Crippen LogP contribution in [0, 0.1) is 5.92 Å². The minimum Gasteiger partial charge on any atom is -0.496 e. The Hall–Kier alpha value is -2.04. The van der Waals surface area contributed by atoms with Crippen LogP contribution in [0.2, 0.25) is 0 Å². The molecular formula is C14H17NO4. The topological polar surface area (TPSA) is 75.6 Å². The van der Waals surface area contributed by atoms with Crippen LogP contribution in [0.3, 0.4) is 0 Å². The first-order valence-electron chi connectivity index (χ1n) is 6.24. The molecule has 1 amide bonds. The number of hydrogen-bond acceptors (Lipinski definition) is 3. The summed E-state index contributed by atoms with van der Waals surface area (Å²) in [6.07, 6.45) is 1.29. The quantitative estimate of drug-likeness (QED) is 0.837. The lowest BCUT2D eigenvalue weighted by atomic mass is 9.80. The fourth-order valence-corrected chi connectivity index (χ4v) is 2.24. The molecule has 0 radical (unpaired) electrons. The maximum Gasteiger partial charge on any atom is 0.306 e. The Kier molecular flexibility index (Phi) is 4.04. The molecule has 102 valence electrons. The van der Waals surface area contributed by atoms with Gasteiger partial charge in [0.2, 0.25) is 5.91 Å². The molecule has 2 rings (SSSR count). The predicted octanol–water partition coefficient (Wildman–Crippen LogP) is 1.22. The van der Waals surface area contributed by atoms with Gasteiger partial charge in [-0.15, -0.1) is 0 Å². The van der Waals surface area contributed by atoms with Crippen molar-refractivity contribution in [2.75, 3.05) is 7.11 Å². The van der Waals surface area contributed by atoms with E-state index >= 15 is 0 Å². The van der Waals surface area contributed by atoms with Gasteiger partial charge in [0, 0.05) is 11.6 Å². The second kappa shape index (κ2) is 5.73. The highest BCUT2D eigenvalue weighted by atomic mass is 16.5. The fourth-order valence-electron chi connectivity index (χ4n) is 2.24. The Bertz CT molecular complexity index is 480. The summed E-state index contributed by atoms with van der Waals surface area (Å²) in [5.74, 6) is -0.500. The number of ether oxygens (including phenoxy) is 1. The first-order valence-corrected chi connectivity index (χ1v) is 6.24. The van der Waals surface area contributed by atoms with Gasteiger partial charge in [0.25, 0.3) is 0 Å². The maximum absolute atomic E-state index is 11.8. The standard InChI is InChI=1S/C14H17NO4/c1-19-12-5-3-2-4-9(12)8-13(16)15-11-6-10(7-11)14(17)18/h2-5,10-11H,6-8H2,1H3,(H,15,16)(H,17,18). The lowest BCUT2D eigenvalue weighted by Gasteiger charge is -2.32. The predicted molar refractivity (Wildman–Crippen MR) is 69.0 cm³/mol. The third kappa shape index (κ3) is 3.24. The van der Waals surface area contributed by atoms with E-state index in [4.69, 9.17) is 9.84 Å². The molecule has 5 nitrogen and oxygen atoms in total. The first kappa shape index (κ1) is 13.4. The number of hydrogen-bond donors (Lipinski definition) is 2. The van der Waals surface area contributed by atoms with Crippen LogP contribution in [0.1, 0.15) is 18.4 Å². The summed E-state index contributed by atoms with van der Waals surface area (Å²) in [6.45, 7) is 0.